The van der Waals surface area contributed by atoms with Gasteiger partial charge in [0.2, 0.25) is 11.7 Å². The molecule has 5 rings (SSSR count). The summed E-state index contributed by atoms with van der Waals surface area (Å²) >= 11 is 0. The second-order valence-corrected chi connectivity index (χ2v) is 12.1. The van der Waals surface area contributed by atoms with E-state index in [9.17, 15) is 19.2 Å². The van der Waals surface area contributed by atoms with E-state index in [0.717, 1.165) is 5.56 Å². The largest absolute Gasteiger partial charge is 0.473 e. The Morgan fingerprint density at radius 3 is 2.22 bits per heavy atom. The third-order valence-corrected chi connectivity index (χ3v) is 7.65. The fourth-order valence-electron chi connectivity index (χ4n) is 5.42. The van der Waals surface area contributed by atoms with Gasteiger partial charge in [-0.3, -0.25) is 29.1 Å². The molecule has 1 aromatic heterocycles. The number of aliphatic imine (C=N–C) groups is 1. The number of carbonyl (C=O) groups is 4. The molecule has 2 aromatic carbocycles. The molecule has 0 radical (unpaired) electrons. The minimum absolute atomic E-state index is 0.0229. The van der Waals surface area contributed by atoms with Crippen LogP contribution in [0.1, 0.15) is 49.2 Å². The Morgan fingerprint density at radius 2 is 1.62 bits per heavy atom. The standard InChI is InChI=1S/C35H37N5O5/c1-23(2)30-34(44)39(28(25-13-9-6-10-14-25)20-40(30)33(43)26-15-17-36-18-16-26)21-29(41)37-27(19-24-11-7-5-8-12-24)31(42)32-38-35(3,4)22-45-32/h5-18,20,23,27,30H,19,21-22H2,1-4H3,(H,37,41)/t27-,30+/m0/s1. The number of pyridine rings is 1. The van der Waals surface area contributed by atoms with E-state index >= 15 is 0 Å². The lowest BCUT2D eigenvalue weighted by atomic mass is 9.96. The normalized spacial score (nSPS) is 18.2. The molecule has 0 saturated heterocycles. The molecular weight excluding hydrogens is 570 g/mol. The highest BCUT2D eigenvalue weighted by Gasteiger charge is 2.42. The summed E-state index contributed by atoms with van der Waals surface area (Å²) in [7, 11) is 0. The Labute approximate surface area is 262 Å². The Morgan fingerprint density at radius 1 is 0.978 bits per heavy atom. The molecule has 0 spiro atoms. The third-order valence-electron chi connectivity index (χ3n) is 7.65. The summed E-state index contributed by atoms with van der Waals surface area (Å²) in [5, 5.41) is 2.86. The highest BCUT2D eigenvalue weighted by Crippen LogP contribution is 2.31. The minimum Gasteiger partial charge on any atom is -0.473 e. The van der Waals surface area contributed by atoms with Crippen molar-refractivity contribution in [2.45, 2.75) is 51.7 Å². The van der Waals surface area contributed by atoms with Crippen LogP contribution in [0.25, 0.3) is 5.70 Å². The number of benzene rings is 2. The number of hydrogen-bond acceptors (Lipinski definition) is 7. The number of nitrogens with one attached hydrogen (secondary N) is 1. The SMILES string of the molecule is CC(C)[C@@H]1C(=O)N(CC(=O)N[C@@H](Cc2ccccc2)C(=O)C2=NC(C)(C)CO2)C(c2ccccc2)=CN1C(=O)c1ccncc1. The fraction of sp³-hybridized carbons (Fsp3) is 0.314. The number of carbonyl (C=O) groups excluding carboxylic acids is 4. The van der Waals surface area contributed by atoms with Crippen molar-refractivity contribution in [2.75, 3.05) is 13.2 Å². The quantitative estimate of drug-likeness (QED) is 0.373. The monoisotopic (exact) mass is 607 g/mol. The second kappa shape index (κ2) is 13.3. The van der Waals surface area contributed by atoms with Gasteiger partial charge in [0.15, 0.2) is 0 Å². The van der Waals surface area contributed by atoms with Gasteiger partial charge in [0.1, 0.15) is 25.2 Å². The van der Waals surface area contributed by atoms with Crippen molar-refractivity contribution in [1.29, 1.82) is 0 Å². The molecule has 2 atom stereocenters. The predicted molar refractivity (Wildman–Crippen MR) is 170 cm³/mol. The van der Waals surface area contributed by atoms with Gasteiger partial charge in [0, 0.05) is 30.6 Å². The van der Waals surface area contributed by atoms with Gasteiger partial charge in [-0.05, 0) is 43.0 Å². The van der Waals surface area contributed by atoms with Gasteiger partial charge in [0.25, 0.3) is 17.7 Å². The van der Waals surface area contributed by atoms with Crippen LogP contribution in [-0.4, -0.2) is 75.0 Å². The van der Waals surface area contributed by atoms with Gasteiger partial charge in [-0.2, -0.15) is 0 Å². The van der Waals surface area contributed by atoms with E-state index in [0.29, 0.717) is 16.8 Å². The summed E-state index contributed by atoms with van der Waals surface area (Å²) < 4.78 is 5.62. The molecule has 2 aliphatic rings. The lowest BCUT2D eigenvalue weighted by Gasteiger charge is -2.41. The lowest BCUT2D eigenvalue weighted by Crippen LogP contribution is -2.57. The molecule has 0 aliphatic carbocycles. The van der Waals surface area contributed by atoms with Gasteiger partial charge in [-0.1, -0.05) is 74.5 Å². The first-order valence-corrected chi connectivity index (χ1v) is 15.0. The first kappa shape index (κ1) is 31.3. The predicted octanol–water partition coefficient (Wildman–Crippen LogP) is 3.89. The van der Waals surface area contributed by atoms with Gasteiger partial charge in [-0.15, -0.1) is 0 Å². The number of rotatable bonds is 10. The van der Waals surface area contributed by atoms with Gasteiger partial charge in [0.05, 0.1) is 11.2 Å². The van der Waals surface area contributed by atoms with Crippen molar-refractivity contribution in [3.63, 3.8) is 0 Å². The average molecular weight is 608 g/mol. The van der Waals surface area contributed by atoms with Gasteiger partial charge in [-0.25, -0.2) is 4.99 Å². The Hall–Kier alpha value is -5.12. The number of amides is 3. The summed E-state index contributed by atoms with van der Waals surface area (Å²) in [5.41, 5.74) is 1.74. The van der Waals surface area contributed by atoms with Crippen LogP contribution in [-0.2, 0) is 25.5 Å². The van der Waals surface area contributed by atoms with E-state index in [1.54, 1.807) is 18.3 Å². The molecule has 10 heteroatoms. The van der Waals surface area contributed by atoms with Gasteiger partial charge >= 0.3 is 0 Å². The molecule has 10 nitrogen and oxygen atoms in total. The zero-order valence-corrected chi connectivity index (χ0v) is 25.8. The van der Waals surface area contributed by atoms with Crippen LogP contribution in [0.15, 0.2) is 96.4 Å². The molecule has 45 heavy (non-hydrogen) atoms. The molecular formula is C35H37N5O5. The van der Waals surface area contributed by atoms with Crippen molar-refractivity contribution < 1.29 is 23.9 Å². The molecule has 3 heterocycles. The first-order chi connectivity index (χ1) is 21.5. The number of hydrogen-bond donors (Lipinski definition) is 1. The zero-order chi connectivity index (χ0) is 32.1. The van der Waals surface area contributed by atoms with Crippen LogP contribution in [0.2, 0.25) is 0 Å². The van der Waals surface area contributed by atoms with E-state index < -0.39 is 35.2 Å². The van der Waals surface area contributed by atoms with Crippen LogP contribution in [0, 0.1) is 5.92 Å². The molecule has 232 valence electrons. The van der Waals surface area contributed by atoms with Crippen molar-refractivity contribution in [3.8, 4) is 0 Å². The number of ether oxygens (including phenoxy) is 1. The van der Waals surface area contributed by atoms with Crippen LogP contribution < -0.4 is 5.32 Å². The third kappa shape index (κ3) is 7.17. The summed E-state index contributed by atoms with van der Waals surface area (Å²) in [5.74, 6) is -2.01. The molecule has 0 saturated carbocycles. The van der Waals surface area contributed by atoms with E-state index in [1.165, 1.54) is 22.2 Å². The topological polar surface area (TPSA) is 121 Å². The van der Waals surface area contributed by atoms with Crippen LogP contribution in [0.5, 0.6) is 0 Å². The Balaban J connectivity index is 1.47. The van der Waals surface area contributed by atoms with Crippen LogP contribution in [0.4, 0.5) is 0 Å². The second-order valence-electron chi connectivity index (χ2n) is 12.1. The Bertz CT molecular complexity index is 1620. The molecule has 3 amide bonds. The van der Waals surface area contributed by atoms with Crippen molar-refractivity contribution in [1.82, 2.24) is 20.1 Å². The highest BCUT2D eigenvalue weighted by molar-refractivity contribution is 6.39. The van der Waals surface area contributed by atoms with E-state index in [1.807, 2.05) is 88.4 Å². The smallest absolute Gasteiger partial charge is 0.258 e. The maximum absolute atomic E-state index is 14.2. The van der Waals surface area contributed by atoms with E-state index in [2.05, 4.69) is 15.3 Å². The Kier molecular flexibility index (Phi) is 9.22. The zero-order valence-electron chi connectivity index (χ0n) is 25.8. The highest BCUT2D eigenvalue weighted by atomic mass is 16.5. The van der Waals surface area contributed by atoms with Crippen molar-refractivity contribution >= 4 is 35.1 Å². The first-order valence-electron chi connectivity index (χ1n) is 15.0. The summed E-state index contributed by atoms with van der Waals surface area (Å²) in [4.78, 5) is 66.5. The number of ketones is 1. The van der Waals surface area contributed by atoms with E-state index in [4.69, 9.17) is 4.74 Å². The van der Waals surface area contributed by atoms with Crippen LogP contribution in [0.3, 0.4) is 0 Å². The van der Waals surface area contributed by atoms with Crippen molar-refractivity contribution in [3.05, 3.63) is 108 Å². The lowest BCUT2D eigenvalue weighted by molar-refractivity contribution is -0.138. The number of Topliss-reactive ketones (excluding diaryl/α,β-unsaturated/α-hetero) is 1. The minimum atomic E-state index is -0.970. The summed E-state index contributed by atoms with van der Waals surface area (Å²) in [6.45, 7) is 7.34. The molecule has 3 aromatic rings. The maximum Gasteiger partial charge on any atom is 0.258 e. The van der Waals surface area contributed by atoms with E-state index in [-0.39, 0.29) is 37.3 Å². The summed E-state index contributed by atoms with van der Waals surface area (Å²) in [6.07, 6.45) is 4.90. The summed E-state index contributed by atoms with van der Waals surface area (Å²) in [6, 6.07) is 19.8. The molecule has 0 unspecified atom stereocenters. The molecule has 1 N–H and O–H groups in total. The fourth-order valence-corrected chi connectivity index (χ4v) is 5.42. The maximum atomic E-state index is 14.2. The molecule has 0 bridgehead atoms. The van der Waals surface area contributed by atoms with Gasteiger partial charge < -0.3 is 15.0 Å². The van der Waals surface area contributed by atoms with Crippen LogP contribution >= 0.6 is 0 Å². The molecule has 2 aliphatic heterocycles. The molecule has 0 fully saturated rings. The number of nitrogens with zero attached hydrogens (tertiary/aromatic N) is 4. The van der Waals surface area contributed by atoms with Crippen molar-refractivity contribution in [2.24, 2.45) is 10.9 Å². The average Bonchev–Trinajstić information content (AvgIpc) is 3.41. The number of aromatic nitrogens is 1.